The number of rotatable bonds is 6. The van der Waals surface area contributed by atoms with Crippen LogP contribution in [0.25, 0.3) is 11.0 Å². The number of nitrogens with one attached hydrogen (secondary N) is 1. The number of fused-ring (bicyclic) bond motifs is 1. The second-order valence-electron chi connectivity index (χ2n) is 7.61. The Labute approximate surface area is 165 Å². The van der Waals surface area contributed by atoms with E-state index in [2.05, 4.69) is 28.2 Å². The Balaban J connectivity index is 1.64. The number of aliphatic hydroxyl groups excluding tert-OH is 1. The van der Waals surface area contributed by atoms with E-state index < -0.39 is 5.54 Å². The lowest BCUT2D eigenvalue weighted by Gasteiger charge is -2.47. The Bertz CT molecular complexity index is 881. The van der Waals surface area contributed by atoms with Crippen LogP contribution in [0.5, 0.6) is 0 Å². The molecule has 2 N–H and O–H groups in total. The SMILES string of the molecule is C[C@@H]1COC[C@@](CO)(CNC(c2ccccn2)c2cc3ccccc3o2)N1C. The Kier molecular flexibility index (Phi) is 5.46. The molecule has 28 heavy (non-hydrogen) atoms. The molecular weight excluding hydrogens is 354 g/mol. The number of aromatic nitrogens is 1. The minimum absolute atomic E-state index is 0.00983. The van der Waals surface area contributed by atoms with E-state index in [0.29, 0.717) is 19.8 Å². The summed E-state index contributed by atoms with van der Waals surface area (Å²) in [6.07, 6.45) is 1.78. The smallest absolute Gasteiger partial charge is 0.134 e. The number of ether oxygens (including phenoxy) is 1. The molecular formula is C22H27N3O3. The van der Waals surface area contributed by atoms with Crippen LogP contribution in [0, 0.1) is 0 Å². The second-order valence-corrected chi connectivity index (χ2v) is 7.61. The van der Waals surface area contributed by atoms with E-state index in [4.69, 9.17) is 9.15 Å². The Hall–Kier alpha value is -2.25. The molecule has 0 radical (unpaired) electrons. The third-order valence-corrected chi connectivity index (χ3v) is 5.78. The van der Waals surface area contributed by atoms with E-state index in [9.17, 15) is 5.11 Å². The van der Waals surface area contributed by atoms with Gasteiger partial charge in [-0.15, -0.1) is 0 Å². The van der Waals surface area contributed by atoms with Gasteiger partial charge in [0, 0.05) is 24.2 Å². The molecule has 4 rings (SSSR count). The van der Waals surface area contributed by atoms with E-state index in [1.54, 1.807) is 6.20 Å². The van der Waals surface area contributed by atoms with Crippen molar-refractivity contribution in [3.8, 4) is 0 Å². The topological polar surface area (TPSA) is 70.8 Å². The lowest BCUT2D eigenvalue weighted by atomic mass is 9.95. The fraction of sp³-hybridized carbons (Fsp3) is 0.409. The highest BCUT2D eigenvalue weighted by Gasteiger charge is 2.41. The van der Waals surface area contributed by atoms with Crippen LogP contribution in [0.1, 0.15) is 24.4 Å². The third-order valence-electron chi connectivity index (χ3n) is 5.78. The van der Waals surface area contributed by atoms with Gasteiger partial charge in [0.1, 0.15) is 17.4 Å². The molecule has 1 aliphatic rings. The van der Waals surface area contributed by atoms with E-state index in [1.807, 2.05) is 49.5 Å². The average Bonchev–Trinajstić information content (AvgIpc) is 3.16. The van der Waals surface area contributed by atoms with Crippen LogP contribution in [0.2, 0.25) is 0 Å². The van der Waals surface area contributed by atoms with E-state index in [-0.39, 0.29) is 18.7 Å². The zero-order chi connectivity index (χ0) is 19.6. The highest BCUT2D eigenvalue weighted by atomic mass is 16.5. The first kappa shape index (κ1) is 19.1. The molecule has 148 valence electrons. The number of para-hydroxylation sites is 1. The van der Waals surface area contributed by atoms with Crippen LogP contribution in [-0.2, 0) is 4.74 Å². The Morgan fingerprint density at radius 3 is 2.86 bits per heavy atom. The molecule has 0 bridgehead atoms. The van der Waals surface area contributed by atoms with Gasteiger partial charge in [-0.2, -0.15) is 0 Å². The van der Waals surface area contributed by atoms with Crippen molar-refractivity contribution in [3.63, 3.8) is 0 Å². The van der Waals surface area contributed by atoms with Crippen molar-refractivity contribution in [2.45, 2.75) is 24.5 Å². The van der Waals surface area contributed by atoms with Gasteiger partial charge in [0.15, 0.2) is 0 Å². The minimum atomic E-state index is -0.489. The fourth-order valence-corrected chi connectivity index (χ4v) is 3.82. The third kappa shape index (κ3) is 3.56. The predicted octanol–water partition coefficient (Wildman–Crippen LogP) is 2.59. The lowest BCUT2D eigenvalue weighted by molar-refractivity contribution is -0.106. The number of benzene rings is 1. The maximum Gasteiger partial charge on any atom is 0.134 e. The fourth-order valence-electron chi connectivity index (χ4n) is 3.82. The van der Waals surface area contributed by atoms with Gasteiger partial charge in [0.2, 0.25) is 0 Å². The minimum Gasteiger partial charge on any atom is -0.459 e. The summed E-state index contributed by atoms with van der Waals surface area (Å²) in [6.45, 7) is 3.81. The monoisotopic (exact) mass is 381 g/mol. The van der Waals surface area contributed by atoms with Gasteiger partial charge in [-0.25, -0.2) is 0 Å². The van der Waals surface area contributed by atoms with Gasteiger partial charge in [0.25, 0.3) is 0 Å². The number of likely N-dealkylation sites (N-methyl/N-ethyl adjacent to an activating group) is 1. The molecule has 1 aliphatic heterocycles. The van der Waals surface area contributed by atoms with Crippen molar-refractivity contribution in [2.24, 2.45) is 0 Å². The molecule has 0 spiro atoms. The Morgan fingerprint density at radius 2 is 2.11 bits per heavy atom. The highest BCUT2D eigenvalue weighted by Crippen LogP contribution is 2.29. The summed E-state index contributed by atoms with van der Waals surface area (Å²) >= 11 is 0. The number of aliphatic hydroxyl groups is 1. The zero-order valence-corrected chi connectivity index (χ0v) is 16.3. The van der Waals surface area contributed by atoms with Gasteiger partial charge in [-0.3, -0.25) is 9.88 Å². The molecule has 1 unspecified atom stereocenters. The van der Waals surface area contributed by atoms with Crippen LogP contribution in [0.3, 0.4) is 0 Å². The van der Waals surface area contributed by atoms with Crippen molar-refractivity contribution in [1.82, 2.24) is 15.2 Å². The summed E-state index contributed by atoms with van der Waals surface area (Å²) in [7, 11) is 2.04. The molecule has 2 aromatic heterocycles. The normalized spacial score (nSPS) is 24.5. The molecule has 6 heteroatoms. The second kappa shape index (κ2) is 8.01. The molecule has 6 nitrogen and oxygen atoms in total. The largest absolute Gasteiger partial charge is 0.459 e. The number of furan rings is 1. The molecule has 0 saturated carbocycles. The molecule has 1 aromatic carbocycles. The van der Waals surface area contributed by atoms with Crippen molar-refractivity contribution < 1.29 is 14.3 Å². The Morgan fingerprint density at radius 1 is 1.29 bits per heavy atom. The van der Waals surface area contributed by atoms with Crippen LogP contribution in [-0.4, -0.2) is 60.0 Å². The number of hydrogen-bond acceptors (Lipinski definition) is 6. The van der Waals surface area contributed by atoms with E-state index >= 15 is 0 Å². The molecule has 3 aromatic rings. The van der Waals surface area contributed by atoms with Crippen molar-refractivity contribution in [3.05, 3.63) is 66.2 Å². The quantitative estimate of drug-likeness (QED) is 0.684. The summed E-state index contributed by atoms with van der Waals surface area (Å²) in [6, 6.07) is 15.9. The maximum atomic E-state index is 10.2. The van der Waals surface area contributed by atoms with Crippen LogP contribution in [0.4, 0.5) is 0 Å². The molecule has 3 atom stereocenters. The van der Waals surface area contributed by atoms with Crippen LogP contribution in [0.15, 0.2) is 59.1 Å². The summed E-state index contributed by atoms with van der Waals surface area (Å²) in [5, 5.41) is 14.8. The highest BCUT2D eigenvalue weighted by molar-refractivity contribution is 5.77. The van der Waals surface area contributed by atoms with E-state index in [0.717, 1.165) is 22.4 Å². The predicted molar refractivity (Wildman–Crippen MR) is 108 cm³/mol. The molecule has 1 fully saturated rings. The van der Waals surface area contributed by atoms with Gasteiger partial charge in [-0.1, -0.05) is 24.3 Å². The van der Waals surface area contributed by atoms with Crippen molar-refractivity contribution in [1.29, 1.82) is 0 Å². The standard InChI is InChI=1S/C22H27N3O3/c1-16-12-27-15-22(14-26,25(16)2)13-24-21(18-8-5-6-10-23-18)20-11-17-7-3-4-9-19(17)28-20/h3-11,16,21,24,26H,12-15H2,1-2H3/t16-,21?,22+/m1/s1. The van der Waals surface area contributed by atoms with Gasteiger partial charge in [-0.05, 0) is 38.2 Å². The van der Waals surface area contributed by atoms with Gasteiger partial charge >= 0.3 is 0 Å². The van der Waals surface area contributed by atoms with Gasteiger partial charge in [0.05, 0.1) is 31.1 Å². The molecule has 1 saturated heterocycles. The molecule has 0 amide bonds. The maximum absolute atomic E-state index is 10.2. The van der Waals surface area contributed by atoms with Gasteiger partial charge < -0.3 is 19.6 Å². The van der Waals surface area contributed by atoms with E-state index in [1.165, 1.54) is 0 Å². The van der Waals surface area contributed by atoms with Crippen molar-refractivity contribution >= 4 is 11.0 Å². The molecule has 3 heterocycles. The number of morpholine rings is 1. The summed E-state index contributed by atoms with van der Waals surface area (Å²) < 4.78 is 11.9. The van der Waals surface area contributed by atoms with Crippen LogP contribution < -0.4 is 5.32 Å². The number of hydrogen-bond donors (Lipinski definition) is 2. The lowest BCUT2D eigenvalue weighted by Crippen LogP contribution is -2.65. The summed E-state index contributed by atoms with van der Waals surface area (Å²) in [4.78, 5) is 6.75. The summed E-state index contributed by atoms with van der Waals surface area (Å²) in [5.74, 6) is 0.806. The number of nitrogens with zero attached hydrogens (tertiary/aromatic N) is 2. The average molecular weight is 381 g/mol. The molecule has 0 aliphatic carbocycles. The zero-order valence-electron chi connectivity index (χ0n) is 16.3. The first-order chi connectivity index (χ1) is 13.6. The number of pyridine rings is 1. The van der Waals surface area contributed by atoms with Crippen molar-refractivity contribution in [2.75, 3.05) is 33.4 Å². The first-order valence-electron chi connectivity index (χ1n) is 9.67. The summed E-state index contributed by atoms with van der Waals surface area (Å²) in [5.41, 5.74) is 1.24. The first-order valence-corrected chi connectivity index (χ1v) is 9.67. The van der Waals surface area contributed by atoms with Crippen LogP contribution >= 0.6 is 0 Å².